The summed E-state index contributed by atoms with van der Waals surface area (Å²) in [5, 5.41) is 8.37. The molecule has 1 heterocycles. The Hall–Kier alpha value is -3.08. The fourth-order valence-electron chi connectivity index (χ4n) is 2.53. The van der Waals surface area contributed by atoms with Crippen LogP contribution >= 0.6 is 0 Å². The van der Waals surface area contributed by atoms with Crippen molar-refractivity contribution in [2.75, 3.05) is 5.32 Å². The van der Waals surface area contributed by atoms with Crippen molar-refractivity contribution in [2.45, 2.75) is 19.4 Å². The molecular formula is C19H20N4O. The van der Waals surface area contributed by atoms with Gasteiger partial charge in [0.15, 0.2) is 0 Å². The number of H-pyrrole nitrogens is 1. The predicted molar refractivity (Wildman–Crippen MR) is 98.2 cm³/mol. The van der Waals surface area contributed by atoms with E-state index in [0.717, 1.165) is 22.2 Å². The molecule has 0 radical (unpaired) electrons. The zero-order chi connectivity index (χ0) is 16.8. The Morgan fingerprint density at radius 1 is 1.17 bits per heavy atom. The van der Waals surface area contributed by atoms with Crippen LogP contribution in [-0.4, -0.2) is 23.1 Å². The minimum Gasteiger partial charge on any atom is -0.374 e. The third-order valence-electron chi connectivity index (χ3n) is 3.84. The standard InChI is InChI=1S/C19H20N4O/c1-2-17(22-15-8-4-3-5-9-15)19(24)23-21-13-14-12-20-18-11-7-6-10-16(14)18/h3-13,17,20,22H,2H2,1H3,(H,23,24)/b21-13-/t17-/m1/s1. The maximum Gasteiger partial charge on any atom is 0.262 e. The van der Waals surface area contributed by atoms with Crippen molar-refractivity contribution in [3.63, 3.8) is 0 Å². The Balaban J connectivity index is 1.63. The summed E-state index contributed by atoms with van der Waals surface area (Å²) in [4.78, 5) is 15.5. The molecule has 0 fully saturated rings. The smallest absolute Gasteiger partial charge is 0.262 e. The summed E-state index contributed by atoms with van der Waals surface area (Å²) in [5.41, 5.74) is 5.51. The molecule has 24 heavy (non-hydrogen) atoms. The van der Waals surface area contributed by atoms with Gasteiger partial charge in [0.25, 0.3) is 5.91 Å². The number of carbonyl (C=O) groups is 1. The number of carbonyl (C=O) groups excluding carboxylic acids is 1. The molecule has 5 nitrogen and oxygen atoms in total. The molecule has 5 heteroatoms. The lowest BCUT2D eigenvalue weighted by Crippen LogP contribution is -2.36. The number of nitrogens with one attached hydrogen (secondary N) is 3. The lowest BCUT2D eigenvalue weighted by molar-refractivity contribution is -0.121. The highest BCUT2D eigenvalue weighted by molar-refractivity contribution is 5.99. The first-order valence-corrected chi connectivity index (χ1v) is 7.98. The lowest BCUT2D eigenvalue weighted by atomic mass is 10.2. The van der Waals surface area contributed by atoms with Crippen molar-refractivity contribution >= 4 is 28.7 Å². The number of benzene rings is 2. The fourth-order valence-corrected chi connectivity index (χ4v) is 2.53. The minimum absolute atomic E-state index is 0.155. The van der Waals surface area contributed by atoms with Crippen LogP contribution in [0.4, 0.5) is 5.69 Å². The van der Waals surface area contributed by atoms with E-state index in [-0.39, 0.29) is 11.9 Å². The van der Waals surface area contributed by atoms with E-state index in [1.54, 1.807) is 6.21 Å². The van der Waals surface area contributed by atoms with Crippen molar-refractivity contribution in [1.29, 1.82) is 0 Å². The van der Waals surface area contributed by atoms with Crippen LogP contribution in [0.25, 0.3) is 10.9 Å². The molecule has 1 aromatic heterocycles. The number of fused-ring (bicyclic) bond motifs is 1. The molecule has 0 aliphatic carbocycles. The zero-order valence-electron chi connectivity index (χ0n) is 13.5. The molecule has 0 unspecified atom stereocenters. The van der Waals surface area contributed by atoms with E-state index in [1.807, 2.05) is 67.7 Å². The Morgan fingerprint density at radius 2 is 1.92 bits per heavy atom. The van der Waals surface area contributed by atoms with Gasteiger partial charge < -0.3 is 10.3 Å². The molecule has 122 valence electrons. The van der Waals surface area contributed by atoms with Crippen LogP contribution in [0, 0.1) is 0 Å². The molecule has 3 N–H and O–H groups in total. The van der Waals surface area contributed by atoms with Gasteiger partial charge in [0.05, 0.1) is 6.21 Å². The average Bonchev–Trinajstić information content (AvgIpc) is 3.04. The molecule has 0 saturated carbocycles. The van der Waals surface area contributed by atoms with E-state index in [4.69, 9.17) is 0 Å². The number of anilines is 1. The molecule has 3 rings (SSSR count). The summed E-state index contributed by atoms with van der Waals surface area (Å²) in [6.45, 7) is 1.96. The van der Waals surface area contributed by atoms with E-state index in [0.29, 0.717) is 6.42 Å². The molecular weight excluding hydrogens is 300 g/mol. The third-order valence-corrected chi connectivity index (χ3v) is 3.84. The molecule has 3 aromatic rings. The number of amides is 1. The number of aromatic nitrogens is 1. The van der Waals surface area contributed by atoms with Crippen LogP contribution in [0.2, 0.25) is 0 Å². The van der Waals surface area contributed by atoms with Gasteiger partial charge in [0.1, 0.15) is 6.04 Å². The monoisotopic (exact) mass is 320 g/mol. The van der Waals surface area contributed by atoms with Gasteiger partial charge in [0.2, 0.25) is 0 Å². The zero-order valence-corrected chi connectivity index (χ0v) is 13.5. The molecule has 1 amide bonds. The topological polar surface area (TPSA) is 69.3 Å². The number of hydrazone groups is 1. The van der Waals surface area contributed by atoms with Gasteiger partial charge in [-0.05, 0) is 24.6 Å². The van der Waals surface area contributed by atoms with Gasteiger partial charge in [-0.3, -0.25) is 4.79 Å². The highest BCUT2D eigenvalue weighted by atomic mass is 16.2. The normalized spacial score (nSPS) is 12.4. The quantitative estimate of drug-likeness (QED) is 0.480. The maximum atomic E-state index is 12.3. The first-order valence-electron chi connectivity index (χ1n) is 7.98. The fraction of sp³-hybridized carbons (Fsp3) is 0.158. The Labute approximate surface area is 140 Å². The van der Waals surface area contributed by atoms with Crippen molar-refractivity contribution in [1.82, 2.24) is 10.4 Å². The van der Waals surface area contributed by atoms with Gasteiger partial charge in [-0.25, -0.2) is 5.43 Å². The summed E-state index contributed by atoms with van der Waals surface area (Å²) >= 11 is 0. The second-order valence-electron chi connectivity index (χ2n) is 5.50. The Bertz CT molecular complexity index is 839. The van der Waals surface area contributed by atoms with Crippen molar-refractivity contribution in [2.24, 2.45) is 5.10 Å². The second-order valence-corrected chi connectivity index (χ2v) is 5.50. The number of hydrogen-bond acceptors (Lipinski definition) is 3. The van der Waals surface area contributed by atoms with Crippen LogP contribution in [0.5, 0.6) is 0 Å². The molecule has 0 aliphatic rings. The summed E-state index contributed by atoms with van der Waals surface area (Å²) < 4.78 is 0. The average molecular weight is 320 g/mol. The highest BCUT2D eigenvalue weighted by Crippen LogP contribution is 2.15. The number of aromatic amines is 1. The van der Waals surface area contributed by atoms with Crippen LogP contribution in [0.1, 0.15) is 18.9 Å². The van der Waals surface area contributed by atoms with Gasteiger partial charge in [-0.2, -0.15) is 5.10 Å². The summed E-state index contributed by atoms with van der Waals surface area (Å²) in [6.07, 6.45) is 4.20. The third kappa shape index (κ3) is 3.63. The molecule has 2 aromatic carbocycles. The number of rotatable bonds is 6. The molecule has 0 bridgehead atoms. The van der Waals surface area contributed by atoms with E-state index in [2.05, 4.69) is 20.8 Å². The second kappa shape index (κ2) is 7.46. The largest absolute Gasteiger partial charge is 0.374 e. The summed E-state index contributed by atoms with van der Waals surface area (Å²) in [6, 6.07) is 17.3. The first-order chi connectivity index (χ1) is 11.8. The minimum atomic E-state index is -0.326. The SMILES string of the molecule is CC[C@@H](Nc1ccccc1)C(=O)N/N=C\c1c[nH]c2ccccc12. The molecule has 0 saturated heterocycles. The van der Waals surface area contributed by atoms with Crippen LogP contribution in [0.3, 0.4) is 0 Å². The van der Waals surface area contributed by atoms with E-state index < -0.39 is 0 Å². The molecule has 0 spiro atoms. The van der Waals surface area contributed by atoms with Crippen LogP contribution < -0.4 is 10.7 Å². The Kier molecular flexibility index (Phi) is 4.91. The molecule has 1 atom stereocenters. The first kappa shape index (κ1) is 15.8. The number of nitrogens with zero attached hydrogens (tertiary/aromatic N) is 1. The maximum absolute atomic E-state index is 12.3. The predicted octanol–water partition coefficient (Wildman–Crippen LogP) is 3.51. The van der Waals surface area contributed by atoms with Crippen molar-refractivity contribution < 1.29 is 4.79 Å². The number of para-hydroxylation sites is 2. The van der Waals surface area contributed by atoms with Crippen LogP contribution in [0.15, 0.2) is 65.9 Å². The van der Waals surface area contributed by atoms with Gasteiger partial charge in [-0.1, -0.05) is 43.3 Å². The summed E-state index contributed by atoms with van der Waals surface area (Å²) in [7, 11) is 0. The van der Waals surface area contributed by atoms with Crippen molar-refractivity contribution in [3.8, 4) is 0 Å². The van der Waals surface area contributed by atoms with Gasteiger partial charge in [-0.15, -0.1) is 0 Å². The Morgan fingerprint density at radius 3 is 2.71 bits per heavy atom. The highest BCUT2D eigenvalue weighted by Gasteiger charge is 2.15. The molecule has 0 aliphatic heterocycles. The van der Waals surface area contributed by atoms with Gasteiger partial charge in [0, 0.05) is 28.4 Å². The van der Waals surface area contributed by atoms with E-state index in [1.165, 1.54) is 0 Å². The summed E-state index contributed by atoms with van der Waals surface area (Å²) in [5.74, 6) is -0.155. The lowest BCUT2D eigenvalue weighted by Gasteiger charge is -2.16. The van der Waals surface area contributed by atoms with E-state index >= 15 is 0 Å². The van der Waals surface area contributed by atoms with E-state index in [9.17, 15) is 4.79 Å². The van der Waals surface area contributed by atoms with Crippen LogP contribution in [-0.2, 0) is 4.79 Å². The van der Waals surface area contributed by atoms with Crippen molar-refractivity contribution in [3.05, 3.63) is 66.4 Å². The number of hydrogen-bond donors (Lipinski definition) is 3. The van der Waals surface area contributed by atoms with Gasteiger partial charge >= 0.3 is 0 Å².